The second kappa shape index (κ2) is 8.96. The molecule has 0 saturated carbocycles. The van der Waals surface area contributed by atoms with Crippen LogP contribution in [0.5, 0.6) is 11.5 Å². The summed E-state index contributed by atoms with van der Waals surface area (Å²) in [5.74, 6) is 1.35. The summed E-state index contributed by atoms with van der Waals surface area (Å²) in [6, 6.07) is 13.1. The van der Waals surface area contributed by atoms with E-state index in [9.17, 15) is 4.79 Å². The fourth-order valence-corrected chi connectivity index (χ4v) is 3.39. The maximum Gasteiger partial charge on any atom is 0.258 e. The summed E-state index contributed by atoms with van der Waals surface area (Å²) in [6.45, 7) is 3.53. The first-order valence-electron chi connectivity index (χ1n) is 9.95. The Kier molecular flexibility index (Phi) is 5.95. The minimum absolute atomic E-state index is 0.0932. The molecule has 0 aliphatic carbocycles. The number of hydrogen-bond donors (Lipinski definition) is 2. The number of nitrogens with one attached hydrogen (secondary N) is 2. The first kappa shape index (κ1) is 19.3. The van der Waals surface area contributed by atoms with E-state index in [0.29, 0.717) is 29.6 Å². The molecular weight excluding hydrogens is 370 g/mol. The van der Waals surface area contributed by atoms with E-state index in [1.807, 2.05) is 18.2 Å². The number of benzene rings is 2. The molecule has 0 spiro atoms. The van der Waals surface area contributed by atoms with Gasteiger partial charge in [0.1, 0.15) is 0 Å². The van der Waals surface area contributed by atoms with Gasteiger partial charge in [-0.25, -0.2) is 4.99 Å². The Bertz CT molecular complexity index is 907. The zero-order valence-electron chi connectivity index (χ0n) is 16.4. The lowest BCUT2D eigenvalue weighted by Gasteiger charge is -2.15. The van der Waals surface area contributed by atoms with Crippen LogP contribution in [0.3, 0.4) is 0 Å². The predicted octanol–water partition coefficient (Wildman–Crippen LogP) is 3.35. The lowest BCUT2D eigenvalue weighted by Crippen LogP contribution is -2.37. The fraction of sp³-hybridized carbons (Fsp3) is 0.364. The second-order valence-corrected chi connectivity index (χ2v) is 6.98. The smallest absolute Gasteiger partial charge is 0.258 e. The van der Waals surface area contributed by atoms with E-state index in [2.05, 4.69) is 28.6 Å². The Balaban J connectivity index is 1.52. The number of rotatable bonds is 5. The number of aliphatic imine (C=N–C) groups is 1. The van der Waals surface area contributed by atoms with Crippen LogP contribution in [0, 0.1) is 0 Å². The maximum atomic E-state index is 12.8. The number of amides is 1. The fourth-order valence-electron chi connectivity index (χ4n) is 3.39. The van der Waals surface area contributed by atoms with Crippen molar-refractivity contribution in [2.24, 2.45) is 4.99 Å². The highest BCUT2D eigenvalue weighted by atomic mass is 16.7. The molecule has 7 heteroatoms. The van der Waals surface area contributed by atoms with Crippen LogP contribution < -0.4 is 20.1 Å². The molecule has 1 fully saturated rings. The van der Waals surface area contributed by atoms with Crippen molar-refractivity contribution >= 4 is 17.6 Å². The van der Waals surface area contributed by atoms with Crippen LogP contribution in [0.1, 0.15) is 35.7 Å². The monoisotopic (exact) mass is 395 g/mol. The number of carbonyl (C=O) groups excluding carboxylic acids is 1. The maximum absolute atomic E-state index is 12.8. The van der Waals surface area contributed by atoms with E-state index in [4.69, 9.17) is 14.2 Å². The molecule has 2 aromatic carbocycles. The van der Waals surface area contributed by atoms with Crippen molar-refractivity contribution in [3.8, 4) is 11.5 Å². The van der Waals surface area contributed by atoms with Gasteiger partial charge in [-0.3, -0.25) is 10.1 Å². The van der Waals surface area contributed by atoms with E-state index < -0.39 is 0 Å². The van der Waals surface area contributed by atoms with Gasteiger partial charge in [-0.1, -0.05) is 25.1 Å². The number of carbonyl (C=O) groups is 1. The molecule has 2 aliphatic heterocycles. The molecule has 2 N–H and O–H groups in total. The van der Waals surface area contributed by atoms with Gasteiger partial charge in [-0.15, -0.1) is 0 Å². The molecule has 2 heterocycles. The quantitative estimate of drug-likeness (QED) is 0.599. The zero-order chi connectivity index (χ0) is 20.1. The normalized spacial score (nSPS) is 18.0. The molecule has 1 saturated heterocycles. The average molecular weight is 395 g/mol. The van der Waals surface area contributed by atoms with E-state index >= 15 is 0 Å². The summed E-state index contributed by atoms with van der Waals surface area (Å²) in [5.41, 5.74) is 2.55. The number of nitrogens with zero attached hydrogens (tertiary/aromatic N) is 1. The minimum atomic E-state index is -0.268. The number of fused-ring (bicyclic) bond motifs is 1. The summed E-state index contributed by atoms with van der Waals surface area (Å²) in [4.78, 5) is 17.4. The van der Waals surface area contributed by atoms with E-state index in [0.717, 1.165) is 37.1 Å². The highest BCUT2D eigenvalue weighted by Crippen LogP contribution is 2.32. The van der Waals surface area contributed by atoms with Crippen molar-refractivity contribution in [2.45, 2.75) is 32.3 Å². The van der Waals surface area contributed by atoms with Gasteiger partial charge in [0, 0.05) is 17.9 Å². The molecule has 2 aliphatic rings. The second-order valence-electron chi connectivity index (χ2n) is 6.98. The van der Waals surface area contributed by atoms with Crippen LogP contribution in [0.15, 0.2) is 47.5 Å². The van der Waals surface area contributed by atoms with Crippen molar-refractivity contribution in [3.63, 3.8) is 0 Å². The third kappa shape index (κ3) is 4.68. The van der Waals surface area contributed by atoms with E-state index in [1.54, 1.807) is 18.2 Å². The Hall–Kier alpha value is -3.06. The van der Waals surface area contributed by atoms with Gasteiger partial charge >= 0.3 is 0 Å². The van der Waals surface area contributed by atoms with Crippen LogP contribution >= 0.6 is 0 Å². The molecule has 7 nitrogen and oxygen atoms in total. The van der Waals surface area contributed by atoms with Crippen LogP contribution in [-0.2, 0) is 11.2 Å². The van der Waals surface area contributed by atoms with Crippen LogP contribution in [0.2, 0.25) is 0 Å². The highest BCUT2D eigenvalue weighted by Gasteiger charge is 2.19. The van der Waals surface area contributed by atoms with Gasteiger partial charge in [0.2, 0.25) is 12.8 Å². The van der Waals surface area contributed by atoms with Crippen molar-refractivity contribution < 1.29 is 19.0 Å². The standard InChI is InChI=1S/C22H25N3O4/c1-2-15-6-3-4-8-18(15)24-22(23-13-17-7-5-11-27-17)25-21(26)16-9-10-19-20(12-16)29-14-28-19/h3-4,6,8-10,12,17H,2,5,7,11,13-14H2,1H3,(H2,23,24,25,26)/t17-/m0/s1. The topological polar surface area (TPSA) is 81.2 Å². The van der Waals surface area contributed by atoms with Crippen LogP contribution in [0.25, 0.3) is 0 Å². The largest absolute Gasteiger partial charge is 0.454 e. The molecule has 152 valence electrons. The van der Waals surface area contributed by atoms with Gasteiger partial charge in [-0.05, 0) is 49.1 Å². The summed E-state index contributed by atoms with van der Waals surface area (Å²) in [7, 11) is 0. The van der Waals surface area contributed by atoms with Crippen molar-refractivity contribution in [3.05, 3.63) is 53.6 Å². The first-order chi connectivity index (χ1) is 14.2. The molecule has 0 bridgehead atoms. The highest BCUT2D eigenvalue weighted by molar-refractivity contribution is 6.10. The van der Waals surface area contributed by atoms with E-state index in [-0.39, 0.29) is 18.8 Å². The van der Waals surface area contributed by atoms with Crippen molar-refractivity contribution in [2.75, 3.05) is 25.3 Å². The van der Waals surface area contributed by atoms with Crippen molar-refractivity contribution in [1.82, 2.24) is 5.32 Å². The molecule has 0 aromatic heterocycles. The molecule has 2 aromatic rings. The third-order valence-corrected chi connectivity index (χ3v) is 5.00. The summed E-state index contributed by atoms with van der Waals surface area (Å²) in [5, 5.41) is 6.18. The number of ether oxygens (including phenoxy) is 3. The lowest BCUT2D eigenvalue weighted by atomic mass is 10.1. The molecule has 0 radical (unpaired) electrons. The third-order valence-electron chi connectivity index (χ3n) is 5.00. The Morgan fingerprint density at radius 1 is 1.17 bits per heavy atom. The molecule has 29 heavy (non-hydrogen) atoms. The molecule has 4 rings (SSSR count). The zero-order valence-corrected chi connectivity index (χ0v) is 16.4. The number of anilines is 1. The summed E-state index contributed by atoms with van der Waals surface area (Å²) >= 11 is 0. The number of guanidine groups is 1. The predicted molar refractivity (Wildman–Crippen MR) is 111 cm³/mol. The SMILES string of the molecule is CCc1ccccc1NC(=NC[C@@H]1CCCO1)NC(=O)c1ccc2c(c1)OCO2. The minimum Gasteiger partial charge on any atom is -0.454 e. The van der Waals surface area contributed by atoms with Gasteiger partial charge in [0.25, 0.3) is 5.91 Å². The van der Waals surface area contributed by atoms with Gasteiger partial charge in [-0.2, -0.15) is 0 Å². The van der Waals surface area contributed by atoms with E-state index in [1.165, 1.54) is 0 Å². The number of aryl methyl sites for hydroxylation is 1. The summed E-state index contributed by atoms with van der Waals surface area (Å²) in [6.07, 6.45) is 3.00. The van der Waals surface area contributed by atoms with Gasteiger partial charge < -0.3 is 19.5 Å². The van der Waals surface area contributed by atoms with Crippen LogP contribution in [0.4, 0.5) is 5.69 Å². The van der Waals surface area contributed by atoms with Gasteiger partial charge in [0.05, 0.1) is 12.6 Å². The van der Waals surface area contributed by atoms with Crippen LogP contribution in [-0.4, -0.2) is 37.9 Å². The lowest BCUT2D eigenvalue weighted by molar-refractivity contribution is 0.0975. The Labute approximate surface area is 170 Å². The first-order valence-corrected chi connectivity index (χ1v) is 9.95. The molecule has 1 amide bonds. The Morgan fingerprint density at radius 2 is 2.03 bits per heavy atom. The molecule has 0 unspecified atom stereocenters. The van der Waals surface area contributed by atoms with Gasteiger partial charge in [0.15, 0.2) is 11.5 Å². The molecular formula is C22H25N3O4. The van der Waals surface area contributed by atoms with Crippen molar-refractivity contribution in [1.29, 1.82) is 0 Å². The average Bonchev–Trinajstić information content (AvgIpc) is 3.43. The molecule has 1 atom stereocenters. The number of hydrogen-bond acceptors (Lipinski definition) is 5. The number of para-hydroxylation sites is 1. The Morgan fingerprint density at radius 3 is 2.86 bits per heavy atom. The summed E-state index contributed by atoms with van der Waals surface area (Å²) < 4.78 is 16.3.